The van der Waals surface area contributed by atoms with E-state index in [4.69, 9.17) is 0 Å². The molecule has 0 atom stereocenters. The van der Waals surface area contributed by atoms with Gasteiger partial charge in [0.15, 0.2) is 0 Å². The Bertz CT molecular complexity index is 835. The van der Waals surface area contributed by atoms with Crippen molar-refractivity contribution in [3.63, 3.8) is 0 Å². The Morgan fingerprint density at radius 2 is 1.73 bits per heavy atom. The number of fused-ring (bicyclic) bond motifs is 1. The molecule has 3 heteroatoms. The van der Waals surface area contributed by atoms with Crippen LogP contribution in [0.3, 0.4) is 0 Å². The average molecular weight is 288 g/mol. The molecule has 2 aromatic carbocycles. The summed E-state index contributed by atoms with van der Waals surface area (Å²) < 4.78 is 0. The molecule has 0 aliphatic heterocycles. The number of rotatable bonds is 3. The zero-order valence-corrected chi connectivity index (χ0v) is 12.3. The highest BCUT2D eigenvalue weighted by Crippen LogP contribution is 2.15. The van der Waals surface area contributed by atoms with E-state index >= 15 is 0 Å². The number of amides is 1. The van der Waals surface area contributed by atoms with Crippen molar-refractivity contribution in [1.82, 2.24) is 10.3 Å². The van der Waals surface area contributed by atoms with Crippen molar-refractivity contribution in [2.75, 3.05) is 7.05 Å². The maximum absolute atomic E-state index is 11.5. The quantitative estimate of drug-likeness (QED) is 0.797. The van der Waals surface area contributed by atoms with Crippen LogP contribution >= 0.6 is 0 Å². The fraction of sp³-hybridized carbons (Fsp3) is 0.0526. The molecule has 1 heterocycles. The molecule has 0 saturated carbocycles. The third kappa shape index (κ3) is 3.04. The smallest absolute Gasteiger partial charge is 0.251 e. The summed E-state index contributed by atoms with van der Waals surface area (Å²) in [6, 6.07) is 17.6. The van der Waals surface area contributed by atoms with Crippen molar-refractivity contribution in [3.05, 3.63) is 77.5 Å². The van der Waals surface area contributed by atoms with Gasteiger partial charge in [-0.1, -0.05) is 42.5 Å². The first kappa shape index (κ1) is 14.0. The van der Waals surface area contributed by atoms with Crippen molar-refractivity contribution in [2.24, 2.45) is 0 Å². The van der Waals surface area contributed by atoms with E-state index in [0.29, 0.717) is 5.56 Å². The number of aromatic nitrogens is 1. The molecule has 108 valence electrons. The summed E-state index contributed by atoms with van der Waals surface area (Å²) in [4.78, 5) is 15.9. The molecule has 3 nitrogen and oxygen atoms in total. The SMILES string of the molecule is CNC(=O)c1ccc(/C=C/c2cnc3ccccc3c2)cc1. The highest BCUT2D eigenvalue weighted by molar-refractivity contribution is 5.94. The maximum atomic E-state index is 11.5. The summed E-state index contributed by atoms with van der Waals surface area (Å²) >= 11 is 0. The lowest BCUT2D eigenvalue weighted by Gasteiger charge is -2.00. The summed E-state index contributed by atoms with van der Waals surface area (Å²) in [6.07, 6.45) is 5.89. The van der Waals surface area contributed by atoms with Gasteiger partial charge in [0.05, 0.1) is 5.52 Å². The number of nitrogens with one attached hydrogen (secondary N) is 1. The predicted octanol–water partition coefficient (Wildman–Crippen LogP) is 3.76. The normalized spacial score (nSPS) is 11.0. The molecular formula is C19H16N2O. The van der Waals surface area contributed by atoms with E-state index in [1.165, 1.54) is 0 Å². The van der Waals surface area contributed by atoms with E-state index in [1.54, 1.807) is 7.05 Å². The van der Waals surface area contributed by atoms with Crippen LogP contribution in [0.5, 0.6) is 0 Å². The van der Waals surface area contributed by atoms with Crippen molar-refractivity contribution in [3.8, 4) is 0 Å². The van der Waals surface area contributed by atoms with Crippen molar-refractivity contribution >= 4 is 29.0 Å². The molecule has 0 spiro atoms. The van der Waals surface area contributed by atoms with Crippen molar-refractivity contribution in [1.29, 1.82) is 0 Å². The van der Waals surface area contributed by atoms with Crippen LogP contribution in [0.15, 0.2) is 60.8 Å². The minimum atomic E-state index is -0.0748. The van der Waals surface area contributed by atoms with Crippen molar-refractivity contribution in [2.45, 2.75) is 0 Å². The minimum absolute atomic E-state index is 0.0748. The largest absolute Gasteiger partial charge is 0.355 e. The third-order valence-corrected chi connectivity index (χ3v) is 3.48. The number of pyridine rings is 1. The lowest BCUT2D eigenvalue weighted by Crippen LogP contribution is -2.17. The van der Waals surface area contributed by atoms with E-state index in [-0.39, 0.29) is 5.91 Å². The van der Waals surface area contributed by atoms with Gasteiger partial charge < -0.3 is 5.32 Å². The van der Waals surface area contributed by atoms with Crippen LogP contribution in [-0.4, -0.2) is 17.9 Å². The molecule has 22 heavy (non-hydrogen) atoms. The van der Waals surface area contributed by atoms with Crippen LogP contribution in [-0.2, 0) is 0 Å². The van der Waals surface area contributed by atoms with E-state index in [2.05, 4.69) is 22.4 Å². The van der Waals surface area contributed by atoms with Crippen LogP contribution in [0.4, 0.5) is 0 Å². The summed E-state index contributed by atoms with van der Waals surface area (Å²) in [7, 11) is 1.63. The molecule has 0 aliphatic rings. The monoisotopic (exact) mass is 288 g/mol. The Morgan fingerprint density at radius 1 is 1.00 bits per heavy atom. The Morgan fingerprint density at radius 3 is 2.50 bits per heavy atom. The Labute approximate surface area is 129 Å². The number of hydrogen-bond acceptors (Lipinski definition) is 2. The Hall–Kier alpha value is -2.94. The zero-order chi connectivity index (χ0) is 15.4. The topological polar surface area (TPSA) is 42.0 Å². The molecule has 1 N–H and O–H groups in total. The highest BCUT2D eigenvalue weighted by Gasteiger charge is 2.01. The van der Waals surface area contributed by atoms with Gasteiger partial charge in [0.1, 0.15) is 0 Å². The lowest BCUT2D eigenvalue weighted by atomic mass is 10.1. The van der Waals surface area contributed by atoms with Crippen LogP contribution in [0.1, 0.15) is 21.5 Å². The van der Waals surface area contributed by atoms with Crippen LogP contribution in [0.25, 0.3) is 23.1 Å². The van der Waals surface area contributed by atoms with E-state index < -0.39 is 0 Å². The number of benzene rings is 2. The summed E-state index contributed by atoms with van der Waals surface area (Å²) in [5, 5.41) is 3.74. The number of hydrogen-bond donors (Lipinski definition) is 1. The second kappa shape index (κ2) is 6.22. The van der Waals surface area contributed by atoms with Gasteiger partial charge in [-0.05, 0) is 35.4 Å². The van der Waals surface area contributed by atoms with Crippen molar-refractivity contribution < 1.29 is 4.79 Å². The van der Waals surface area contributed by atoms with E-state index in [1.807, 2.05) is 60.8 Å². The fourth-order valence-corrected chi connectivity index (χ4v) is 2.26. The van der Waals surface area contributed by atoms with Gasteiger partial charge >= 0.3 is 0 Å². The standard InChI is InChI=1S/C19H16N2O/c1-20-19(22)16-10-8-14(9-11-16)6-7-15-12-17-4-2-3-5-18(17)21-13-15/h2-13H,1H3,(H,20,22)/b7-6+. The molecule has 1 amide bonds. The molecule has 0 fully saturated rings. The van der Waals surface area contributed by atoms with Gasteiger partial charge in [0.2, 0.25) is 0 Å². The van der Waals surface area contributed by atoms with Gasteiger partial charge in [-0.25, -0.2) is 0 Å². The number of carbonyl (C=O) groups is 1. The fourth-order valence-electron chi connectivity index (χ4n) is 2.26. The molecule has 0 radical (unpaired) electrons. The predicted molar refractivity (Wildman–Crippen MR) is 90.5 cm³/mol. The number of nitrogens with zero attached hydrogens (tertiary/aromatic N) is 1. The Kier molecular flexibility index (Phi) is 3.97. The molecule has 3 rings (SSSR count). The number of carbonyl (C=O) groups excluding carboxylic acids is 1. The first-order chi connectivity index (χ1) is 10.8. The van der Waals surface area contributed by atoms with E-state index in [9.17, 15) is 4.79 Å². The zero-order valence-electron chi connectivity index (χ0n) is 12.3. The third-order valence-electron chi connectivity index (χ3n) is 3.48. The summed E-state index contributed by atoms with van der Waals surface area (Å²) in [5.74, 6) is -0.0748. The van der Waals surface area contributed by atoms with Gasteiger partial charge in [-0.2, -0.15) is 0 Å². The summed E-state index contributed by atoms with van der Waals surface area (Å²) in [6.45, 7) is 0. The van der Waals surface area contributed by atoms with Crippen LogP contribution < -0.4 is 5.32 Å². The molecule has 0 aliphatic carbocycles. The van der Waals surface area contributed by atoms with Gasteiger partial charge in [0.25, 0.3) is 5.91 Å². The van der Waals surface area contributed by atoms with Gasteiger partial charge in [0, 0.05) is 24.2 Å². The Balaban J connectivity index is 1.81. The average Bonchev–Trinajstić information content (AvgIpc) is 2.59. The molecule has 3 aromatic rings. The van der Waals surface area contributed by atoms with Gasteiger partial charge in [-0.3, -0.25) is 9.78 Å². The summed E-state index contributed by atoms with van der Waals surface area (Å²) in [5.41, 5.74) is 3.75. The second-order valence-electron chi connectivity index (χ2n) is 5.00. The van der Waals surface area contributed by atoms with E-state index in [0.717, 1.165) is 22.0 Å². The molecule has 1 aromatic heterocycles. The van der Waals surface area contributed by atoms with Crippen LogP contribution in [0.2, 0.25) is 0 Å². The molecule has 0 bridgehead atoms. The number of para-hydroxylation sites is 1. The first-order valence-corrected chi connectivity index (χ1v) is 7.11. The highest BCUT2D eigenvalue weighted by atomic mass is 16.1. The van der Waals surface area contributed by atoms with Gasteiger partial charge in [-0.15, -0.1) is 0 Å². The second-order valence-corrected chi connectivity index (χ2v) is 5.00. The molecular weight excluding hydrogens is 272 g/mol. The maximum Gasteiger partial charge on any atom is 0.251 e. The lowest BCUT2D eigenvalue weighted by molar-refractivity contribution is 0.0963. The molecule has 0 saturated heterocycles. The first-order valence-electron chi connectivity index (χ1n) is 7.11. The molecule has 0 unspecified atom stereocenters. The van der Waals surface area contributed by atoms with Crippen LogP contribution in [0, 0.1) is 0 Å². The minimum Gasteiger partial charge on any atom is -0.355 e.